The number of benzene rings is 3. The van der Waals surface area contributed by atoms with E-state index in [1.807, 2.05) is 12.1 Å². The lowest BCUT2D eigenvalue weighted by atomic mass is 9.89. The zero-order valence-corrected chi connectivity index (χ0v) is 37.3. The third-order valence-electron chi connectivity index (χ3n) is 13.7. The highest BCUT2D eigenvalue weighted by atomic mass is 16.5. The molecule has 0 saturated carbocycles. The number of carbonyl (C=O) groups is 4. The van der Waals surface area contributed by atoms with E-state index in [1.54, 1.807) is 22.2 Å². The normalized spacial score (nSPS) is 20.4. The van der Waals surface area contributed by atoms with Crippen molar-refractivity contribution in [2.45, 2.75) is 62.7 Å². The van der Waals surface area contributed by atoms with E-state index in [-0.39, 0.29) is 35.7 Å². The maximum Gasteiger partial charge on any atom is 0.407 e. The van der Waals surface area contributed by atoms with Crippen molar-refractivity contribution in [2.75, 3.05) is 53.7 Å². The molecule has 4 fully saturated rings. The van der Waals surface area contributed by atoms with Gasteiger partial charge in [0.15, 0.2) is 0 Å². The van der Waals surface area contributed by atoms with Gasteiger partial charge in [-0.15, -0.1) is 0 Å². The fourth-order valence-electron chi connectivity index (χ4n) is 10.1. The molecule has 0 bridgehead atoms. The van der Waals surface area contributed by atoms with Gasteiger partial charge in [-0.3, -0.25) is 14.5 Å². The van der Waals surface area contributed by atoms with Crippen LogP contribution in [0.15, 0.2) is 97.4 Å². The number of aromatic nitrogens is 4. The summed E-state index contributed by atoms with van der Waals surface area (Å²) in [5.41, 5.74) is 7.45. The molecule has 9 rings (SSSR count). The molecule has 3 aromatic carbocycles. The van der Waals surface area contributed by atoms with Gasteiger partial charge in [0.25, 0.3) is 0 Å². The summed E-state index contributed by atoms with van der Waals surface area (Å²) in [5.74, 6) is 0.666. The molecule has 5 aromatic rings. The van der Waals surface area contributed by atoms with E-state index in [1.165, 1.54) is 14.2 Å². The largest absolute Gasteiger partial charge is 0.465 e. The van der Waals surface area contributed by atoms with Crippen molar-refractivity contribution in [1.82, 2.24) is 40.0 Å². The standard InChI is InChI=1S/C50H56N8O8/c1-29-21-41(57(27-29)47(59)43(55-49(61)64-4)33-13-17-65-18-14-33)45-52-26-40(54-45)38-12-11-36-23-35(9-10-37(36)24-38)31-5-7-32(8-6-31)39-25-51-46(53-39)42-22-30(2)28-58(42)48(60)44(56(3)50(62)63)34-15-19-66-20-16-34/h5-12,23-26,33-34,41-44H,1-2,13-22,27-28H2,3-4H3,(H,51,53)(H,52,54)(H,55,61)(H,62,63)/t41-,42-,43-,44-/m0/s1. The molecule has 4 aliphatic heterocycles. The first-order valence-electron chi connectivity index (χ1n) is 22.6. The lowest BCUT2D eigenvalue weighted by molar-refractivity contribution is -0.140. The number of ether oxygens (including phenoxy) is 3. The Morgan fingerprint density at radius 1 is 0.727 bits per heavy atom. The first-order valence-corrected chi connectivity index (χ1v) is 22.6. The van der Waals surface area contributed by atoms with Crippen LogP contribution in [0.2, 0.25) is 0 Å². The van der Waals surface area contributed by atoms with E-state index in [9.17, 15) is 24.3 Å². The lowest BCUT2D eigenvalue weighted by Gasteiger charge is -2.37. The van der Waals surface area contributed by atoms with E-state index >= 15 is 0 Å². The molecule has 0 spiro atoms. The second kappa shape index (κ2) is 19.0. The van der Waals surface area contributed by atoms with E-state index in [2.05, 4.69) is 77.0 Å². The number of rotatable bonds is 11. The van der Waals surface area contributed by atoms with Crippen LogP contribution in [0.3, 0.4) is 0 Å². The molecule has 0 radical (unpaired) electrons. The number of hydrogen-bond acceptors (Lipinski definition) is 9. The third kappa shape index (κ3) is 9.07. The number of amides is 4. The van der Waals surface area contributed by atoms with Crippen molar-refractivity contribution in [3.05, 3.63) is 109 Å². The average molecular weight is 897 g/mol. The first-order chi connectivity index (χ1) is 31.9. The summed E-state index contributed by atoms with van der Waals surface area (Å²) in [7, 11) is 2.76. The van der Waals surface area contributed by atoms with Gasteiger partial charge in [0, 0.05) is 52.1 Å². The summed E-state index contributed by atoms with van der Waals surface area (Å²) < 4.78 is 15.9. The van der Waals surface area contributed by atoms with Gasteiger partial charge in [0.1, 0.15) is 23.7 Å². The highest BCUT2D eigenvalue weighted by Crippen LogP contribution is 2.39. The molecule has 0 unspecified atom stereocenters. The Morgan fingerprint density at radius 3 is 1.77 bits per heavy atom. The number of likely N-dealkylation sites (N-methyl/N-ethyl adjacent to an activating group) is 1. The zero-order valence-electron chi connectivity index (χ0n) is 37.3. The highest BCUT2D eigenvalue weighted by molar-refractivity contribution is 5.91. The molecule has 2 aromatic heterocycles. The maximum atomic E-state index is 14.2. The van der Waals surface area contributed by atoms with Crippen molar-refractivity contribution in [3.63, 3.8) is 0 Å². The Labute approximate surface area is 383 Å². The lowest BCUT2D eigenvalue weighted by Crippen LogP contribution is -2.53. The van der Waals surface area contributed by atoms with Gasteiger partial charge in [-0.25, -0.2) is 19.6 Å². The average Bonchev–Trinajstić information content (AvgIpc) is 4.18. The quantitative estimate of drug-likeness (QED) is 0.0965. The number of likely N-dealkylation sites (tertiary alicyclic amines) is 2. The van der Waals surface area contributed by atoms with E-state index in [4.69, 9.17) is 24.2 Å². The number of methoxy groups -OCH3 is 1. The Morgan fingerprint density at radius 2 is 1.21 bits per heavy atom. The number of carboxylic acid groups (broad SMARTS) is 1. The highest BCUT2D eigenvalue weighted by Gasteiger charge is 2.44. The molecule has 4 amide bonds. The smallest absolute Gasteiger partial charge is 0.407 e. The van der Waals surface area contributed by atoms with Gasteiger partial charge in [-0.2, -0.15) is 0 Å². The van der Waals surface area contributed by atoms with E-state index < -0.39 is 24.3 Å². The van der Waals surface area contributed by atoms with Crippen molar-refractivity contribution in [1.29, 1.82) is 0 Å². The van der Waals surface area contributed by atoms with Crippen molar-refractivity contribution < 1.29 is 38.5 Å². The summed E-state index contributed by atoms with van der Waals surface area (Å²) in [5, 5.41) is 14.8. The van der Waals surface area contributed by atoms with Crippen LogP contribution in [0.1, 0.15) is 62.3 Å². The van der Waals surface area contributed by atoms with Gasteiger partial charge >= 0.3 is 12.2 Å². The SMILES string of the molecule is C=C1C[C@@H](c2ncc(-c3ccc4cc(-c5ccc(-c6cnc([C@@H]7CC(=C)CN7C(=O)[C@H](C7CCOCC7)N(C)C(=O)O)[nH]6)cc5)ccc4c3)[nH]2)N(C(=O)[C@@H](NC(=O)OC)C2CCOCC2)C1. The Hall–Kier alpha value is -6.78. The molecule has 4 N–H and O–H groups in total. The van der Waals surface area contributed by atoms with Gasteiger partial charge in [0.05, 0.1) is 43.0 Å². The van der Waals surface area contributed by atoms with Gasteiger partial charge in [-0.05, 0) is 90.0 Å². The van der Waals surface area contributed by atoms with Gasteiger partial charge in [-0.1, -0.05) is 72.8 Å². The molecule has 4 aliphatic rings. The number of hydrogen-bond donors (Lipinski definition) is 4. The van der Waals surface area contributed by atoms with Crippen molar-refractivity contribution in [2.24, 2.45) is 11.8 Å². The molecule has 6 heterocycles. The fourth-order valence-corrected chi connectivity index (χ4v) is 10.1. The van der Waals surface area contributed by atoms with Crippen LogP contribution in [0.25, 0.3) is 44.4 Å². The molecular formula is C50H56N8O8. The minimum atomic E-state index is -1.14. The molecule has 0 aliphatic carbocycles. The van der Waals surface area contributed by atoms with E-state index in [0.29, 0.717) is 89.7 Å². The van der Waals surface area contributed by atoms with Crippen LogP contribution in [-0.2, 0) is 23.8 Å². The molecule has 344 valence electrons. The van der Waals surface area contributed by atoms with Crippen LogP contribution >= 0.6 is 0 Å². The molecule has 16 nitrogen and oxygen atoms in total. The predicted molar refractivity (Wildman–Crippen MR) is 247 cm³/mol. The molecule has 66 heavy (non-hydrogen) atoms. The minimum Gasteiger partial charge on any atom is -0.465 e. The molecular weight excluding hydrogens is 841 g/mol. The minimum absolute atomic E-state index is 0.0733. The molecule has 4 atom stereocenters. The van der Waals surface area contributed by atoms with Crippen LogP contribution in [0.5, 0.6) is 0 Å². The van der Waals surface area contributed by atoms with Crippen molar-refractivity contribution in [3.8, 4) is 33.6 Å². The first kappa shape index (κ1) is 44.4. The zero-order chi connectivity index (χ0) is 46.1. The summed E-state index contributed by atoms with van der Waals surface area (Å²) in [4.78, 5) is 73.8. The summed E-state index contributed by atoms with van der Waals surface area (Å²) >= 11 is 0. The van der Waals surface area contributed by atoms with E-state index in [0.717, 1.165) is 60.5 Å². The molecule has 16 heteroatoms. The number of aromatic amines is 2. The number of fused-ring (bicyclic) bond motifs is 1. The summed E-state index contributed by atoms with van der Waals surface area (Å²) in [6.07, 6.45) is 5.45. The molecule has 4 saturated heterocycles. The Kier molecular flexibility index (Phi) is 12.8. The van der Waals surface area contributed by atoms with Crippen molar-refractivity contribution >= 4 is 34.8 Å². The Balaban J connectivity index is 0.881. The van der Waals surface area contributed by atoms with Crippen LogP contribution in [-0.4, -0.2) is 130 Å². The topological polar surface area (TPSA) is 195 Å². The number of H-pyrrole nitrogens is 2. The van der Waals surface area contributed by atoms with Gasteiger partial charge in [0.2, 0.25) is 11.8 Å². The number of imidazole rings is 2. The summed E-state index contributed by atoms with van der Waals surface area (Å²) in [6.45, 7) is 11.2. The van der Waals surface area contributed by atoms with Crippen LogP contribution < -0.4 is 5.32 Å². The third-order valence-corrected chi connectivity index (χ3v) is 13.7. The Bertz CT molecular complexity index is 2650. The second-order valence-corrected chi connectivity index (χ2v) is 17.9. The van der Waals surface area contributed by atoms with Crippen LogP contribution in [0.4, 0.5) is 9.59 Å². The number of nitrogens with one attached hydrogen (secondary N) is 3. The summed E-state index contributed by atoms with van der Waals surface area (Å²) in [6, 6.07) is 18.6. The second-order valence-electron chi connectivity index (χ2n) is 17.9. The number of nitrogens with zero attached hydrogens (tertiary/aromatic N) is 5. The predicted octanol–water partition coefficient (Wildman–Crippen LogP) is 7.50. The van der Waals surface area contributed by atoms with Crippen LogP contribution in [0, 0.1) is 11.8 Å². The number of carbonyl (C=O) groups excluding carboxylic acids is 3. The number of alkyl carbamates (subject to hydrolysis) is 1. The maximum absolute atomic E-state index is 14.2. The van der Waals surface area contributed by atoms with Gasteiger partial charge < -0.3 is 44.4 Å². The fraction of sp³-hybridized carbons (Fsp3) is 0.400. The monoisotopic (exact) mass is 896 g/mol.